The molecule has 2 aromatic heterocycles. The van der Waals surface area contributed by atoms with E-state index in [9.17, 15) is 13.2 Å². The lowest BCUT2D eigenvalue weighted by atomic mass is 10.1. The molecule has 0 aliphatic heterocycles. The first kappa shape index (κ1) is 21.0. The summed E-state index contributed by atoms with van der Waals surface area (Å²) in [6.07, 6.45) is 1.13. The van der Waals surface area contributed by atoms with E-state index in [0.717, 1.165) is 11.6 Å². The van der Waals surface area contributed by atoms with Crippen LogP contribution in [-0.2, 0) is 15.6 Å². The highest BCUT2D eigenvalue weighted by atomic mass is 32.2. The molecule has 0 radical (unpaired) electrons. The van der Waals surface area contributed by atoms with Crippen LogP contribution >= 0.6 is 0 Å². The number of amides is 1. The fourth-order valence-corrected chi connectivity index (χ4v) is 4.37. The second-order valence-corrected chi connectivity index (χ2v) is 9.57. The molecule has 2 heterocycles. The van der Waals surface area contributed by atoms with E-state index in [1.54, 1.807) is 31.2 Å². The number of hydrogen-bond acceptors (Lipinski definition) is 6. The molecule has 4 aromatic rings. The third kappa shape index (κ3) is 4.29. The van der Waals surface area contributed by atoms with E-state index in [1.807, 2.05) is 31.2 Å². The van der Waals surface area contributed by atoms with Gasteiger partial charge in [0.2, 0.25) is 0 Å². The third-order valence-electron chi connectivity index (χ3n) is 4.91. The van der Waals surface area contributed by atoms with E-state index in [2.05, 4.69) is 5.32 Å². The van der Waals surface area contributed by atoms with Gasteiger partial charge in [-0.3, -0.25) is 4.79 Å². The maximum atomic E-state index is 13.0. The van der Waals surface area contributed by atoms with Crippen LogP contribution in [0.1, 0.15) is 41.8 Å². The van der Waals surface area contributed by atoms with Crippen molar-refractivity contribution in [2.75, 3.05) is 12.9 Å². The zero-order valence-corrected chi connectivity index (χ0v) is 18.3. The van der Waals surface area contributed by atoms with Gasteiger partial charge in [-0.05, 0) is 32.0 Å². The number of para-hydroxylation sites is 2. The Morgan fingerprint density at radius 3 is 2.65 bits per heavy atom. The lowest BCUT2D eigenvalue weighted by Gasteiger charge is -2.11. The quantitative estimate of drug-likeness (QED) is 0.450. The van der Waals surface area contributed by atoms with Gasteiger partial charge in [-0.15, -0.1) is 0 Å². The van der Waals surface area contributed by atoms with Crippen molar-refractivity contribution in [1.82, 2.24) is 5.32 Å². The van der Waals surface area contributed by atoms with Gasteiger partial charge in [0.25, 0.3) is 5.91 Å². The molecule has 0 aliphatic rings. The molecule has 1 amide bonds. The number of nitrogens with one attached hydrogen (secondary N) is 1. The zero-order valence-electron chi connectivity index (χ0n) is 17.5. The van der Waals surface area contributed by atoms with Crippen molar-refractivity contribution in [2.24, 2.45) is 0 Å². The number of sulfone groups is 1. The topological polar surface area (TPSA) is 98.7 Å². The van der Waals surface area contributed by atoms with Crippen LogP contribution in [-0.4, -0.2) is 27.2 Å². The molecule has 2 aromatic carbocycles. The average Bonchev–Trinajstić information content (AvgIpc) is 3.30. The second kappa shape index (κ2) is 8.11. The van der Waals surface area contributed by atoms with Gasteiger partial charge in [0.15, 0.2) is 26.9 Å². The number of hydrogen-bond donors (Lipinski definition) is 1. The highest BCUT2D eigenvalue weighted by Crippen LogP contribution is 2.32. The number of ether oxygens (including phenoxy) is 1. The molecule has 31 heavy (non-hydrogen) atoms. The SMILES string of the molecule is CCOc1cccc2cc(C(C)NC(=O)c3oc4ccccc4c3CS(C)(=O)=O)oc12. The number of furan rings is 2. The van der Waals surface area contributed by atoms with Crippen molar-refractivity contribution in [3.05, 3.63) is 65.6 Å². The summed E-state index contributed by atoms with van der Waals surface area (Å²) in [5, 5.41) is 4.32. The highest BCUT2D eigenvalue weighted by Gasteiger charge is 2.25. The number of rotatable bonds is 7. The summed E-state index contributed by atoms with van der Waals surface area (Å²) in [6, 6.07) is 14.0. The number of benzene rings is 2. The Morgan fingerprint density at radius 1 is 1.13 bits per heavy atom. The maximum Gasteiger partial charge on any atom is 0.287 e. The molecule has 1 unspecified atom stereocenters. The van der Waals surface area contributed by atoms with E-state index in [1.165, 1.54) is 0 Å². The van der Waals surface area contributed by atoms with Crippen LogP contribution in [0.2, 0.25) is 0 Å². The molecule has 0 fully saturated rings. The molecular formula is C23H23NO6S. The molecule has 0 saturated heterocycles. The lowest BCUT2D eigenvalue weighted by molar-refractivity contribution is 0.0909. The van der Waals surface area contributed by atoms with Crippen LogP contribution in [0.25, 0.3) is 21.9 Å². The van der Waals surface area contributed by atoms with E-state index in [0.29, 0.717) is 40.2 Å². The summed E-state index contributed by atoms with van der Waals surface area (Å²) in [4.78, 5) is 13.0. The van der Waals surface area contributed by atoms with Crippen molar-refractivity contribution in [3.8, 4) is 5.75 Å². The van der Waals surface area contributed by atoms with Gasteiger partial charge in [-0.1, -0.05) is 30.3 Å². The van der Waals surface area contributed by atoms with E-state index < -0.39 is 21.8 Å². The third-order valence-corrected chi connectivity index (χ3v) is 5.73. The normalized spacial score (nSPS) is 12.9. The molecule has 1 N–H and O–H groups in total. The minimum atomic E-state index is -3.38. The summed E-state index contributed by atoms with van der Waals surface area (Å²) in [6.45, 7) is 4.19. The fourth-order valence-electron chi connectivity index (χ4n) is 3.56. The Balaban J connectivity index is 1.65. The largest absolute Gasteiger partial charge is 0.490 e. The van der Waals surface area contributed by atoms with Gasteiger partial charge >= 0.3 is 0 Å². The molecule has 8 heteroatoms. The van der Waals surface area contributed by atoms with Crippen LogP contribution in [0.5, 0.6) is 5.75 Å². The van der Waals surface area contributed by atoms with Gasteiger partial charge in [0, 0.05) is 22.6 Å². The van der Waals surface area contributed by atoms with Crippen LogP contribution in [0.4, 0.5) is 0 Å². The lowest BCUT2D eigenvalue weighted by Crippen LogP contribution is -2.27. The summed E-state index contributed by atoms with van der Waals surface area (Å²) in [5.74, 6) is 0.384. The minimum absolute atomic E-state index is 0.00964. The van der Waals surface area contributed by atoms with Crippen LogP contribution in [0.3, 0.4) is 0 Å². The van der Waals surface area contributed by atoms with Crippen molar-refractivity contribution in [3.63, 3.8) is 0 Å². The predicted octanol–water partition coefficient (Wildman–Crippen LogP) is 4.61. The predicted molar refractivity (Wildman–Crippen MR) is 118 cm³/mol. The molecule has 4 rings (SSSR count). The number of fused-ring (bicyclic) bond motifs is 2. The first-order valence-electron chi connectivity index (χ1n) is 9.91. The maximum absolute atomic E-state index is 13.0. The van der Waals surface area contributed by atoms with Crippen LogP contribution in [0.15, 0.2) is 57.4 Å². The standard InChI is InChI=1S/C23H23NO6S/c1-4-28-19-11-7-8-15-12-20(30-21(15)19)14(2)24-23(25)22-17(13-31(3,26)27)16-9-5-6-10-18(16)29-22/h5-12,14H,4,13H2,1-3H3,(H,24,25). The molecule has 0 bridgehead atoms. The highest BCUT2D eigenvalue weighted by molar-refractivity contribution is 7.89. The number of carbonyl (C=O) groups excluding carboxylic acids is 1. The summed E-state index contributed by atoms with van der Waals surface area (Å²) in [7, 11) is -3.38. The van der Waals surface area contributed by atoms with E-state index in [-0.39, 0.29) is 11.5 Å². The first-order valence-corrected chi connectivity index (χ1v) is 12.0. The van der Waals surface area contributed by atoms with Crippen LogP contribution in [0, 0.1) is 0 Å². The van der Waals surface area contributed by atoms with Gasteiger partial charge in [-0.2, -0.15) is 0 Å². The van der Waals surface area contributed by atoms with Gasteiger partial charge < -0.3 is 18.9 Å². The Labute approximate surface area is 179 Å². The van der Waals surface area contributed by atoms with Crippen LogP contribution < -0.4 is 10.1 Å². The molecule has 162 valence electrons. The molecule has 1 atom stereocenters. The molecule has 0 aliphatic carbocycles. The molecule has 0 spiro atoms. The van der Waals surface area contributed by atoms with Crippen molar-refractivity contribution >= 4 is 37.7 Å². The number of carbonyl (C=O) groups is 1. The first-order chi connectivity index (χ1) is 14.8. The van der Waals surface area contributed by atoms with Crippen molar-refractivity contribution < 1.29 is 26.8 Å². The molecule has 7 nitrogen and oxygen atoms in total. The minimum Gasteiger partial charge on any atom is -0.490 e. The van der Waals surface area contributed by atoms with Crippen molar-refractivity contribution in [2.45, 2.75) is 25.6 Å². The Morgan fingerprint density at radius 2 is 1.90 bits per heavy atom. The van der Waals surface area contributed by atoms with Crippen molar-refractivity contribution in [1.29, 1.82) is 0 Å². The Bertz CT molecular complexity index is 1370. The van der Waals surface area contributed by atoms with Gasteiger partial charge in [-0.25, -0.2) is 8.42 Å². The summed E-state index contributed by atoms with van der Waals surface area (Å²) in [5.41, 5.74) is 1.43. The average molecular weight is 442 g/mol. The molecule has 0 saturated carbocycles. The van der Waals surface area contributed by atoms with E-state index in [4.69, 9.17) is 13.6 Å². The Kier molecular flexibility index (Phi) is 5.49. The second-order valence-electron chi connectivity index (χ2n) is 7.43. The zero-order chi connectivity index (χ0) is 22.2. The van der Waals surface area contributed by atoms with Gasteiger partial charge in [0.1, 0.15) is 11.3 Å². The monoisotopic (exact) mass is 441 g/mol. The fraction of sp³-hybridized carbons (Fsp3) is 0.261. The van der Waals surface area contributed by atoms with Gasteiger partial charge in [0.05, 0.1) is 18.4 Å². The van der Waals surface area contributed by atoms with E-state index >= 15 is 0 Å². The summed E-state index contributed by atoms with van der Waals surface area (Å²) >= 11 is 0. The Hall–Kier alpha value is -3.26. The smallest absolute Gasteiger partial charge is 0.287 e. The molecular weight excluding hydrogens is 418 g/mol. The summed E-state index contributed by atoms with van der Waals surface area (Å²) < 4.78 is 41.2.